The molecule has 0 fully saturated rings. The average Bonchev–Trinajstić information content (AvgIpc) is 2.52. The summed E-state index contributed by atoms with van der Waals surface area (Å²) in [5, 5.41) is 8.64. The summed E-state index contributed by atoms with van der Waals surface area (Å²) in [4.78, 5) is 23.9. The van der Waals surface area contributed by atoms with Gasteiger partial charge in [-0.05, 0) is 50.1 Å². The monoisotopic (exact) mass is 379 g/mol. The minimum atomic E-state index is -0.508. The van der Waals surface area contributed by atoms with Crippen LogP contribution in [-0.2, 0) is 4.79 Å². The molecule has 3 amide bonds. The van der Waals surface area contributed by atoms with E-state index in [-0.39, 0.29) is 12.5 Å². The van der Waals surface area contributed by atoms with Gasteiger partial charge in [-0.1, -0.05) is 40.9 Å². The second kappa shape index (κ2) is 8.23. The Labute approximate surface area is 156 Å². The number of halogens is 2. The van der Waals surface area contributed by atoms with Crippen molar-refractivity contribution in [3.8, 4) is 0 Å². The van der Waals surface area contributed by atoms with Crippen molar-refractivity contribution in [2.45, 2.75) is 20.8 Å². The first-order chi connectivity index (χ1) is 11.8. The lowest BCUT2D eigenvalue weighted by Gasteiger charge is -2.13. The largest absolute Gasteiger partial charge is 0.329 e. The fourth-order valence-corrected chi connectivity index (χ4v) is 2.77. The number of hydrogen-bond donors (Lipinski definition) is 3. The number of aryl methyl sites for hydroxylation is 3. The molecule has 132 valence electrons. The summed E-state index contributed by atoms with van der Waals surface area (Å²) < 4.78 is 0. The molecule has 2 aromatic rings. The maximum atomic E-state index is 12.1. The highest BCUT2D eigenvalue weighted by Gasteiger charge is 2.10. The fraction of sp³-hybridized carbons (Fsp3) is 0.222. The van der Waals surface area contributed by atoms with Gasteiger partial charge in [0.15, 0.2) is 0 Å². The lowest BCUT2D eigenvalue weighted by molar-refractivity contribution is -0.115. The predicted molar refractivity (Wildman–Crippen MR) is 103 cm³/mol. The second-order valence-electron chi connectivity index (χ2n) is 5.76. The molecule has 2 aromatic carbocycles. The van der Waals surface area contributed by atoms with E-state index in [4.69, 9.17) is 23.2 Å². The molecule has 0 aliphatic rings. The minimum Gasteiger partial charge on any atom is -0.329 e. The molecule has 25 heavy (non-hydrogen) atoms. The Kier molecular flexibility index (Phi) is 6.28. The Hall–Kier alpha value is -2.24. The molecular weight excluding hydrogens is 361 g/mol. The van der Waals surface area contributed by atoms with Crippen LogP contribution in [-0.4, -0.2) is 18.5 Å². The van der Waals surface area contributed by atoms with Crippen molar-refractivity contribution >= 4 is 46.5 Å². The van der Waals surface area contributed by atoms with Crippen molar-refractivity contribution in [2.75, 3.05) is 17.2 Å². The summed E-state index contributed by atoms with van der Waals surface area (Å²) in [7, 11) is 0. The van der Waals surface area contributed by atoms with Crippen molar-refractivity contribution in [2.24, 2.45) is 0 Å². The van der Waals surface area contributed by atoms with Crippen molar-refractivity contribution in [3.05, 3.63) is 57.1 Å². The Balaban J connectivity index is 1.89. The third-order valence-corrected chi connectivity index (χ3v) is 4.27. The summed E-state index contributed by atoms with van der Waals surface area (Å²) in [6.07, 6.45) is 0. The first-order valence-electron chi connectivity index (χ1n) is 7.64. The van der Waals surface area contributed by atoms with E-state index in [1.807, 2.05) is 32.9 Å². The zero-order chi connectivity index (χ0) is 18.6. The molecule has 0 aliphatic carbocycles. The smallest absolute Gasteiger partial charge is 0.319 e. The maximum Gasteiger partial charge on any atom is 0.319 e. The van der Waals surface area contributed by atoms with Gasteiger partial charge in [0.25, 0.3) is 0 Å². The molecule has 0 heterocycles. The topological polar surface area (TPSA) is 70.2 Å². The van der Waals surface area contributed by atoms with Crippen LogP contribution < -0.4 is 16.0 Å². The normalized spacial score (nSPS) is 10.3. The molecular formula is C18H19Cl2N3O2. The van der Waals surface area contributed by atoms with Crippen LogP contribution in [0, 0.1) is 20.8 Å². The van der Waals surface area contributed by atoms with Gasteiger partial charge >= 0.3 is 6.03 Å². The highest BCUT2D eigenvalue weighted by molar-refractivity contribution is 6.42. The van der Waals surface area contributed by atoms with E-state index in [2.05, 4.69) is 16.0 Å². The van der Waals surface area contributed by atoms with E-state index in [1.54, 1.807) is 12.1 Å². The molecule has 0 aromatic heterocycles. The minimum absolute atomic E-state index is 0.153. The van der Waals surface area contributed by atoms with Crippen LogP contribution in [0.2, 0.25) is 10.0 Å². The lowest BCUT2D eigenvalue weighted by Crippen LogP contribution is -2.36. The highest BCUT2D eigenvalue weighted by atomic mass is 35.5. The third-order valence-electron chi connectivity index (χ3n) is 3.53. The molecule has 0 aliphatic heterocycles. The van der Waals surface area contributed by atoms with Crippen LogP contribution in [0.25, 0.3) is 0 Å². The van der Waals surface area contributed by atoms with Crippen LogP contribution in [0.5, 0.6) is 0 Å². The van der Waals surface area contributed by atoms with E-state index in [0.29, 0.717) is 15.7 Å². The van der Waals surface area contributed by atoms with Crippen LogP contribution in [0.3, 0.4) is 0 Å². The fourth-order valence-electron chi connectivity index (χ4n) is 2.47. The maximum absolute atomic E-state index is 12.1. The van der Waals surface area contributed by atoms with E-state index in [9.17, 15) is 9.59 Å². The van der Waals surface area contributed by atoms with Gasteiger partial charge in [-0.25, -0.2) is 4.79 Å². The first-order valence-corrected chi connectivity index (χ1v) is 8.39. The molecule has 0 saturated heterocycles. The molecule has 0 atom stereocenters. The zero-order valence-electron chi connectivity index (χ0n) is 14.2. The summed E-state index contributed by atoms with van der Waals surface area (Å²) in [6.45, 7) is 5.71. The Bertz CT molecular complexity index is 799. The zero-order valence-corrected chi connectivity index (χ0v) is 15.7. The summed E-state index contributed by atoms with van der Waals surface area (Å²) >= 11 is 11.7. The van der Waals surface area contributed by atoms with Crippen molar-refractivity contribution < 1.29 is 9.59 Å². The van der Waals surface area contributed by atoms with E-state index < -0.39 is 6.03 Å². The number of benzene rings is 2. The van der Waals surface area contributed by atoms with Gasteiger partial charge in [-0.3, -0.25) is 4.79 Å². The highest BCUT2D eigenvalue weighted by Crippen LogP contribution is 2.25. The average molecular weight is 380 g/mol. The van der Waals surface area contributed by atoms with E-state index in [0.717, 1.165) is 22.4 Å². The number of hydrogen-bond acceptors (Lipinski definition) is 2. The number of carbonyl (C=O) groups excluding carboxylic acids is 2. The molecule has 0 bridgehead atoms. The number of urea groups is 1. The van der Waals surface area contributed by atoms with Crippen molar-refractivity contribution in [1.29, 1.82) is 0 Å². The van der Waals surface area contributed by atoms with Crippen LogP contribution in [0.15, 0.2) is 30.3 Å². The molecule has 0 saturated carbocycles. The van der Waals surface area contributed by atoms with Crippen molar-refractivity contribution in [3.63, 3.8) is 0 Å². The molecule has 7 heteroatoms. The van der Waals surface area contributed by atoms with Gasteiger partial charge < -0.3 is 16.0 Å². The number of carbonyl (C=O) groups is 2. The molecule has 0 unspecified atom stereocenters. The Morgan fingerprint density at radius 3 is 2.16 bits per heavy atom. The van der Waals surface area contributed by atoms with Gasteiger partial charge in [-0.15, -0.1) is 0 Å². The number of anilines is 2. The summed E-state index contributed by atoms with van der Waals surface area (Å²) in [6, 6.07) is 8.20. The van der Waals surface area contributed by atoms with Crippen LogP contribution in [0.4, 0.5) is 16.2 Å². The van der Waals surface area contributed by atoms with Crippen molar-refractivity contribution in [1.82, 2.24) is 5.32 Å². The number of rotatable bonds is 4. The number of amides is 3. The number of nitrogens with one attached hydrogen (secondary N) is 3. The van der Waals surface area contributed by atoms with E-state index in [1.165, 1.54) is 6.07 Å². The first kappa shape index (κ1) is 19.1. The summed E-state index contributed by atoms with van der Waals surface area (Å²) in [5.74, 6) is -0.306. The van der Waals surface area contributed by atoms with Gasteiger partial charge in [0.2, 0.25) is 5.91 Å². The van der Waals surface area contributed by atoms with Crippen LogP contribution in [0.1, 0.15) is 16.7 Å². The molecule has 3 N–H and O–H groups in total. The van der Waals surface area contributed by atoms with Gasteiger partial charge in [0.1, 0.15) is 0 Å². The SMILES string of the molecule is Cc1cc(C)c(NC(=O)CNC(=O)Nc2ccc(Cl)c(Cl)c2)c(C)c1. The van der Waals surface area contributed by atoms with Gasteiger partial charge in [0.05, 0.1) is 16.6 Å². The Morgan fingerprint density at radius 2 is 1.56 bits per heavy atom. The van der Waals surface area contributed by atoms with E-state index >= 15 is 0 Å². The third kappa shape index (κ3) is 5.37. The Morgan fingerprint density at radius 1 is 0.920 bits per heavy atom. The molecule has 0 radical (unpaired) electrons. The van der Waals surface area contributed by atoms with Gasteiger partial charge in [0, 0.05) is 11.4 Å². The molecule has 0 spiro atoms. The van der Waals surface area contributed by atoms with Crippen LogP contribution >= 0.6 is 23.2 Å². The molecule has 2 rings (SSSR count). The standard InChI is InChI=1S/C18H19Cl2N3O2/c1-10-6-11(2)17(12(3)7-10)23-16(24)9-21-18(25)22-13-4-5-14(19)15(20)8-13/h4-8H,9H2,1-3H3,(H,23,24)(H2,21,22,25). The summed E-state index contributed by atoms with van der Waals surface area (Å²) in [5.41, 5.74) is 4.34. The lowest BCUT2D eigenvalue weighted by atomic mass is 10.1. The second-order valence-corrected chi connectivity index (χ2v) is 6.57. The van der Waals surface area contributed by atoms with Gasteiger partial charge in [-0.2, -0.15) is 0 Å². The quantitative estimate of drug-likeness (QED) is 0.721. The molecule has 5 nitrogen and oxygen atoms in total. The predicted octanol–water partition coefficient (Wildman–Crippen LogP) is 4.68.